The van der Waals surface area contributed by atoms with Crippen molar-refractivity contribution in [2.45, 2.75) is 110 Å². The van der Waals surface area contributed by atoms with E-state index in [0.29, 0.717) is 23.7 Å². The molecule has 1 unspecified atom stereocenters. The monoisotopic (exact) mass is 472 g/mol. The Morgan fingerprint density at radius 1 is 1.12 bits per heavy atom. The quantitative estimate of drug-likeness (QED) is 0.417. The second kappa shape index (κ2) is 7.79. The van der Waals surface area contributed by atoms with Gasteiger partial charge in [-0.3, -0.25) is 4.79 Å². The van der Waals surface area contributed by atoms with Crippen LogP contribution in [-0.4, -0.2) is 41.8 Å². The van der Waals surface area contributed by atoms with Crippen molar-refractivity contribution in [3.63, 3.8) is 0 Å². The van der Waals surface area contributed by atoms with Crippen molar-refractivity contribution in [1.29, 1.82) is 0 Å². The summed E-state index contributed by atoms with van der Waals surface area (Å²) in [5, 5.41) is 11.8. The van der Waals surface area contributed by atoms with Crippen LogP contribution in [0.5, 0.6) is 0 Å². The second-order valence-corrected chi connectivity index (χ2v) is 13.3. The fraction of sp³-hybridized carbons (Fsp3) is 0.897. The summed E-state index contributed by atoms with van der Waals surface area (Å²) in [6.45, 7) is 11.7. The van der Waals surface area contributed by atoms with E-state index in [-0.39, 0.29) is 46.9 Å². The molecule has 6 rings (SSSR count). The number of rotatable bonds is 1. The number of esters is 1. The maximum Gasteiger partial charge on any atom is 0.302 e. The number of carbonyl (C=O) groups excluding carboxylic acids is 1. The molecule has 2 saturated heterocycles. The lowest BCUT2D eigenvalue weighted by Crippen LogP contribution is -2.57. The van der Waals surface area contributed by atoms with E-state index in [0.717, 1.165) is 45.1 Å². The molecule has 4 aliphatic carbocycles. The molecule has 0 bridgehead atoms. The van der Waals surface area contributed by atoms with Gasteiger partial charge in [0.15, 0.2) is 5.79 Å². The number of carbonyl (C=O) groups is 1. The molecule has 3 saturated carbocycles. The van der Waals surface area contributed by atoms with Crippen molar-refractivity contribution in [3.05, 3.63) is 11.6 Å². The minimum Gasteiger partial charge on any atom is -0.463 e. The Bertz CT molecular complexity index is 874. The Kier molecular flexibility index (Phi) is 5.38. The van der Waals surface area contributed by atoms with E-state index in [1.165, 1.54) is 25.3 Å². The second-order valence-electron chi connectivity index (χ2n) is 13.3. The molecule has 0 radical (unpaired) electrons. The van der Waals surface area contributed by atoms with Gasteiger partial charge in [-0.15, -0.1) is 0 Å². The number of fused-ring (bicyclic) bond motifs is 7. The van der Waals surface area contributed by atoms with Crippen LogP contribution >= 0.6 is 0 Å². The third-order valence-corrected chi connectivity index (χ3v) is 11.7. The molecule has 1 spiro atoms. The highest BCUT2D eigenvalue weighted by Gasteiger charge is 2.68. The van der Waals surface area contributed by atoms with E-state index in [4.69, 9.17) is 14.2 Å². The molecule has 5 nitrogen and oxygen atoms in total. The average Bonchev–Trinajstić information content (AvgIpc) is 3.23. The van der Waals surface area contributed by atoms with Gasteiger partial charge in [-0.25, -0.2) is 0 Å². The zero-order chi connectivity index (χ0) is 24.0. The smallest absolute Gasteiger partial charge is 0.302 e. The first-order valence-corrected chi connectivity index (χ1v) is 14.0. The van der Waals surface area contributed by atoms with Crippen molar-refractivity contribution in [2.75, 3.05) is 6.61 Å². The molecule has 6 aliphatic rings. The molecule has 5 heteroatoms. The average molecular weight is 473 g/mol. The summed E-state index contributed by atoms with van der Waals surface area (Å²) in [5.41, 5.74) is 1.47. The minimum absolute atomic E-state index is 0.0574. The van der Waals surface area contributed by atoms with Crippen molar-refractivity contribution in [1.82, 2.24) is 0 Å². The molecule has 5 fully saturated rings. The van der Waals surface area contributed by atoms with Gasteiger partial charge in [0.1, 0.15) is 6.10 Å². The molecule has 1 N–H and O–H groups in total. The lowest BCUT2D eigenvalue weighted by molar-refractivity contribution is -0.265. The fourth-order valence-corrected chi connectivity index (χ4v) is 9.78. The Hall–Kier alpha value is -0.910. The Morgan fingerprint density at radius 3 is 2.62 bits per heavy atom. The van der Waals surface area contributed by atoms with Gasteiger partial charge in [0.25, 0.3) is 0 Å². The summed E-state index contributed by atoms with van der Waals surface area (Å²) in [7, 11) is 0. The van der Waals surface area contributed by atoms with Crippen LogP contribution in [0.2, 0.25) is 0 Å². The molecule has 190 valence electrons. The molecule has 2 aliphatic heterocycles. The summed E-state index contributed by atoms with van der Waals surface area (Å²) in [4.78, 5) is 11.5. The number of aliphatic hydroxyl groups is 1. The standard InChI is InChI=1S/C29H44O5/c1-16-8-11-29(32-15-16)17(2)26-24(34-29)13-23-21-7-6-19-12-20(33-18(3)30)9-10-27(19,4)22(21)14-25(31)28(23,26)5/h13,16-17,19-22,24-26,31H,6-12,14-15H2,1-5H3/t16-,17-,19?,20-,21+,22-,24-,25-,26-,27-,28+,29+/m0/s1. The summed E-state index contributed by atoms with van der Waals surface area (Å²) >= 11 is 0. The number of hydrogen-bond donors (Lipinski definition) is 1. The Balaban J connectivity index is 1.28. The summed E-state index contributed by atoms with van der Waals surface area (Å²) in [5.74, 6) is 2.13. The third-order valence-electron chi connectivity index (χ3n) is 11.7. The van der Waals surface area contributed by atoms with E-state index >= 15 is 0 Å². The molecule has 0 aromatic carbocycles. The predicted octanol–water partition coefficient (Wildman–Crippen LogP) is 5.26. The largest absolute Gasteiger partial charge is 0.463 e. The highest BCUT2D eigenvalue weighted by molar-refractivity contribution is 5.66. The first-order chi connectivity index (χ1) is 16.1. The van der Waals surface area contributed by atoms with Crippen molar-refractivity contribution >= 4 is 5.97 Å². The van der Waals surface area contributed by atoms with Gasteiger partial charge in [0.2, 0.25) is 0 Å². The third kappa shape index (κ3) is 3.11. The van der Waals surface area contributed by atoms with Crippen LogP contribution in [0.1, 0.15) is 86.0 Å². The minimum atomic E-state index is -0.470. The maximum atomic E-state index is 11.8. The zero-order valence-electron chi connectivity index (χ0n) is 21.7. The van der Waals surface area contributed by atoms with Crippen LogP contribution in [0.25, 0.3) is 0 Å². The van der Waals surface area contributed by atoms with Crippen molar-refractivity contribution in [3.8, 4) is 0 Å². The number of hydrogen-bond acceptors (Lipinski definition) is 5. The first kappa shape index (κ1) is 23.5. The molecule has 34 heavy (non-hydrogen) atoms. The van der Waals surface area contributed by atoms with Gasteiger partial charge in [0, 0.05) is 30.6 Å². The van der Waals surface area contributed by atoms with Gasteiger partial charge in [-0.2, -0.15) is 0 Å². The lowest BCUT2D eigenvalue weighted by atomic mass is 9.45. The highest BCUT2D eigenvalue weighted by Crippen LogP contribution is 2.69. The fourth-order valence-electron chi connectivity index (χ4n) is 9.78. The molecule has 2 heterocycles. The lowest BCUT2D eigenvalue weighted by Gasteiger charge is -2.61. The van der Waals surface area contributed by atoms with Crippen molar-refractivity contribution in [2.24, 2.45) is 46.3 Å². The van der Waals surface area contributed by atoms with Crippen molar-refractivity contribution < 1.29 is 24.1 Å². The van der Waals surface area contributed by atoms with Gasteiger partial charge >= 0.3 is 5.97 Å². The van der Waals surface area contributed by atoms with E-state index in [9.17, 15) is 9.90 Å². The Labute approximate surface area is 205 Å². The topological polar surface area (TPSA) is 65.0 Å². The summed E-state index contributed by atoms with van der Waals surface area (Å²) in [6.07, 6.45) is 10.6. The van der Waals surface area contributed by atoms with Crippen LogP contribution < -0.4 is 0 Å². The molecule has 12 atom stereocenters. The molecule has 0 aromatic rings. The number of ether oxygens (including phenoxy) is 3. The SMILES string of the molecule is CC(=O)O[C@H]1CC[C@@]2(C)C(CC[C@H]3C4=C[C@@H]5O[C@]6(CC[C@H](C)CO6)[C@@H](C)[C@@H]5[C@@]4(C)[C@@H](O)C[C@@H]32)C1. The molecule has 0 aromatic heterocycles. The van der Waals surface area contributed by atoms with Crippen LogP contribution in [0, 0.1) is 46.3 Å². The Morgan fingerprint density at radius 2 is 1.91 bits per heavy atom. The first-order valence-electron chi connectivity index (χ1n) is 14.0. The van der Waals surface area contributed by atoms with Gasteiger partial charge in [-0.1, -0.05) is 39.3 Å². The van der Waals surface area contributed by atoms with E-state index in [2.05, 4.69) is 33.8 Å². The van der Waals surface area contributed by atoms with Crippen LogP contribution in [0.3, 0.4) is 0 Å². The number of aliphatic hydroxyl groups excluding tert-OH is 1. The van der Waals surface area contributed by atoms with Gasteiger partial charge in [-0.05, 0) is 74.0 Å². The molecular weight excluding hydrogens is 428 g/mol. The van der Waals surface area contributed by atoms with Crippen LogP contribution in [0.4, 0.5) is 0 Å². The summed E-state index contributed by atoms with van der Waals surface area (Å²) in [6, 6.07) is 0. The maximum absolute atomic E-state index is 11.8. The normalized spacial score (nSPS) is 56.2. The van der Waals surface area contributed by atoms with E-state index < -0.39 is 5.79 Å². The predicted molar refractivity (Wildman–Crippen MR) is 129 cm³/mol. The molecular formula is C29H44O5. The van der Waals surface area contributed by atoms with Gasteiger partial charge < -0.3 is 19.3 Å². The van der Waals surface area contributed by atoms with Gasteiger partial charge in [0.05, 0.1) is 18.8 Å². The van der Waals surface area contributed by atoms with E-state index in [1.807, 2.05) is 0 Å². The van der Waals surface area contributed by atoms with Crippen LogP contribution in [0.15, 0.2) is 11.6 Å². The summed E-state index contributed by atoms with van der Waals surface area (Å²) < 4.78 is 18.8. The van der Waals surface area contributed by atoms with E-state index in [1.54, 1.807) is 0 Å². The zero-order valence-corrected chi connectivity index (χ0v) is 21.7. The highest BCUT2D eigenvalue weighted by atomic mass is 16.7. The van der Waals surface area contributed by atoms with Crippen LogP contribution in [-0.2, 0) is 19.0 Å². The molecule has 0 amide bonds.